The van der Waals surface area contributed by atoms with Crippen LogP contribution in [-0.2, 0) is 14.3 Å². The van der Waals surface area contributed by atoms with E-state index in [4.69, 9.17) is 16.3 Å². The Morgan fingerprint density at radius 1 is 1.00 bits per heavy atom. The Morgan fingerprint density at radius 2 is 1.61 bits per heavy atom. The largest absolute Gasteiger partial charge is 0.573 e. The van der Waals surface area contributed by atoms with Crippen molar-refractivity contribution < 1.29 is 37.0 Å². The number of nitrogens with one attached hydrogen (secondary N) is 2. The third kappa shape index (κ3) is 7.49. The lowest BCUT2D eigenvalue weighted by Gasteiger charge is -2.18. The summed E-state index contributed by atoms with van der Waals surface area (Å²) in [4.78, 5) is 36.5. The third-order valence-corrected chi connectivity index (χ3v) is 4.17. The lowest BCUT2D eigenvalue weighted by Crippen LogP contribution is -2.42. The average molecular weight is 459 g/mol. The second-order valence-electron chi connectivity index (χ2n) is 6.32. The van der Waals surface area contributed by atoms with Gasteiger partial charge in [-0.25, -0.2) is 4.79 Å². The number of benzene rings is 2. The Bertz CT molecular complexity index is 951. The Labute approximate surface area is 180 Å². The first kappa shape index (κ1) is 24.0. The first-order chi connectivity index (χ1) is 14.5. The van der Waals surface area contributed by atoms with Crippen LogP contribution in [-0.4, -0.2) is 36.3 Å². The molecule has 2 N–H and O–H groups in total. The predicted octanol–water partition coefficient (Wildman–Crippen LogP) is 3.93. The highest BCUT2D eigenvalue weighted by Gasteiger charge is 2.31. The van der Waals surface area contributed by atoms with Crippen molar-refractivity contribution >= 4 is 35.1 Å². The van der Waals surface area contributed by atoms with E-state index in [1.807, 2.05) is 0 Å². The molecule has 0 aliphatic heterocycles. The Kier molecular flexibility index (Phi) is 7.87. The highest BCUT2D eigenvalue weighted by atomic mass is 35.5. The van der Waals surface area contributed by atoms with Gasteiger partial charge in [0.25, 0.3) is 11.8 Å². The van der Waals surface area contributed by atoms with Gasteiger partial charge in [-0.1, -0.05) is 23.7 Å². The van der Waals surface area contributed by atoms with Crippen molar-refractivity contribution in [3.8, 4) is 5.75 Å². The Morgan fingerprint density at radius 3 is 2.19 bits per heavy atom. The van der Waals surface area contributed by atoms with Gasteiger partial charge < -0.3 is 20.1 Å². The molecule has 0 saturated carbocycles. The highest BCUT2D eigenvalue weighted by Crippen LogP contribution is 2.24. The number of amides is 2. The predicted molar refractivity (Wildman–Crippen MR) is 106 cm³/mol. The third-order valence-electron chi connectivity index (χ3n) is 3.84. The number of anilines is 1. The van der Waals surface area contributed by atoms with Crippen molar-refractivity contribution in [2.24, 2.45) is 0 Å². The molecular formula is C20H18ClF3N2O5. The second kappa shape index (κ2) is 10.2. The molecule has 0 fully saturated rings. The van der Waals surface area contributed by atoms with E-state index in [0.717, 1.165) is 12.1 Å². The molecule has 31 heavy (non-hydrogen) atoms. The second-order valence-corrected chi connectivity index (χ2v) is 6.72. The highest BCUT2D eigenvalue weighted by molar-refractivity contribution is 6.33. The maximum absolute atomic E-state index is 12.2. The molecule has 1 unspecified atom stereocenters. The van der Waals surface area contributed by atoms with Gasteiger partial charge in [0.15, 0.2) is 6.10 Å². The fourth-order valence-corrected chi connectivity index (χ4v) is 2.51. The molecule has 2 atom stereocenters. The first-order valence-electron chi connectivity index (χ1n) is 8.89. The number of alkyl halides is 3. The van der Waals surface area contributed by atoms with Crippen LogP contribution in [0, 0.1) is 0 Å². The normalized spacial score (nSPS) is 13.0. The van der Waals surface area contributed by atoms with E-state index in [9.17, 15) is 27.6 Å². The standard InChI is InChI=1S/C20H18ClF3N2O5/c1-11(25-18(28)15-5-3-4-6-16(15)21)19(29)30-12(2)17(27)26-13-7-9-14(10-8-13)31-20(22,23)24/h3-12H,1-2H3,(H,25,28)(H,26,27)/t11-,12?/m0/s1. The van der Waals surface area contributed by atoms with Crippen LogP contribution >= 0.6 is 11.6 Å². The summed E-state index contributed by atoms with van der Waals surface area (Å²) in [6.45, 7) is 2.68. The molecule has 2 aromatic rings. The number of carbonyl (C=O) groups is 3. The molecule has 11 heteroatoms. The molecule has 0 aromatic heterocycles. The van der Waals surface area contributed by atoms with Crippen LogP contribution in [0.25, 0.3) is 0 Å². The molecule has 0 aliphatic rings. The van der Waals surface area contributed by atoms with E-state index in [1.54, 1.807) is 12.1 Å². The Hall–Kier alpha value is -3.27. The molecule has 0 saturated heterocycles. The number of halogens is 4. The maximum Gasteiger partial charge on any atom is 0.573 e. The lowest BCUT2D eigenvalue weighted by atomic mass is 10.2. The van der Waals surface area contributed by atoms with Gasteiger partial charge in [-0.15, -0.1) is 13.2 Å². The minimum Gasteiger partial charge on any atom is -0.451 e. The quantitative estimate of drug-likeness (QED) is 0.613. The summed E-state index contributed by atoms with van der Waals surface area (Å²) in [7, 11) is 0. The van der Waals surface area contributed by atoms with Gasteiger partial charge in [0.05, 0.1) is 10.6 Å². The summed E-state index contributed by atoms with van der Waals surface area (Å²) in [6, 6.07) is 9.62. The molecule has 166 valence electrons. The number of rotatable bonds is 7. The topological polar surface area (TPSA) is 93.7 Å². The van der Waals surface area contributed by atoms with Gasteiger partial charge in [0, 0.05) is 5.69 Å². The van der Waals surface area contributed by atoms with Gasteiger partial charge in [-0.2, -0.15) is 0 Å². The summed E-state index contributed by atoms with van der Waals surface area (Å²) >= 11 is 5.93. The van der Waals surface area contributed by atoms with Gasteiger partial charge in [0.1, 0.15) is 11.8 Å². The van der Waals surface area contributed by atoms with Crippen molar-refractivity contribution in [1.82, 2.24) is 5.32 Å². The minimum atomic E-state index is -4.83. The van der Waals surface area contributed by atoms with Crippen molar-refractivity contribution in [3.63, 3.8) is 0 Å². The number of hydrogen-bond acceptors (Lipinski definition) is 5. The molecule has 0 radical (unpaired) electrons. The Balaban J connectivity index is 1.88. The number of ether oxygens (including phenoxy) is 2. The molecule has 2 aromatic carbocycles. The van der Waals surface area contributed by atoms with Crippen LogP contribution in [0.15, 0.2) is 48.5 Å². The van der Waals surface area contributed by atoms with Crippen LogP contribution in [0.1, 0.15) is 24.2 Å². The number of esters is 1. The van der Waals surface area contributed by atoms with E-state index in [2.05, 4.69) is 15.4 Å². The van der Waals surface area contributed by atoms with E-state index in [1.165, 1.54) is 38.1 Å². The summed E-state index contributed by atoms with van der Waals surface area (Å²) in [5.41, 5.74) is 0.343. The van der Waals surface area contributed by atoms with Crippen molar-refractivity contribution in [1.29, 1.82) is 0 Å². The first-order valence-corrected chi connectivity index (χ1v) is 9.26. The van der Waals surface area contributed by atoms with Crippen molar-refractivity contribution in [2.45, 2.75) is 32.4 Å². The monoisotopic (exact) mass is 458 g/mol. The van der Waals surface area contributed by atoms with Crippen molar-refractivity contribution in [3.05, 3.63) is 59.1 Å². The van der Waals surface area contributed by atoms with Crippen LogP contribution in [0.2, 0.25) is 5.02 Å². The summed E-state index contributed by atoms with van der Waals surface area (Å²) < 4.78 is 45.3. The SMILES string of the molecule is CC(OC(=O)[C@H](C)NC(=O)c1ccccc1Cl)C(=O)Nc1ccc(OC(F)(F)F)cc1. The fraction of sp³-hybridized carbons (Fsp3) is 0.250. The minimum absolute atomic E-state index is 0.169. The molecule has 0 spiro atoms. The van der Waals surface area contributed by atoms with E-state index in [0.29, 0.717) is 0 Å². The molecule has 7 nitrogen and oxygen atoms in total. The van der Waals surface area contributed by atoms with E-state index >= 15 is 0 Å². The van der Waals surface area contributed by atoms with Gasteiger partial charge in [0.2, 0.25) is 0 Å². The molecule has 2 rings (SSSR count). The van der Waals surface area contributed by atoms with E-state index < -0.39 is 42.0 Å². The number of hydrogen-bond donors (Lipinski definition) is 2. The lowest BCUT2D eigenvalue weighted by molar-refractivity contribution is -0.274. The summed E-state index contributed by atoms with van der Waals surface area (Å²) in [5.74, 6) is -2.62. The van der Waals surface area contributed by atoms with Gasteiger partial charge >= 0.3 is 12.3 Å². The fourth-order valence-electron chi connectivity index (χ4n) is 2.29. The van der Waals surface area contributed by atoms with Crippen molar-refractivity contribution in [2.75, 3.05) is 5.32 Å². The van der Waals surface area contributed by atoms with Crippen LogP contribution < -0.4 is 15.4 Å². The van der Waals surface area contributed by atoms with E-state index in [-0.39, 0.29) is 16.3 Å². The van der Waals surface area contributed by atoms with Crippen LogP contribution in [0.5, 0.6) is 5.75 Å². The zero-order valence-electron chi connectivity index (χ0n) is 16.3. The molecule has 2 amide bonds. The molecule has 0 aliphatic carbocycles. The van der Waals surface area contributed by atoms with Crippen LogP contribution in [0.4, 0.5) is 18.9 Å². The molecule has 0 bridgehead atoms. The van der Waals surface area contributed by atoms with Crippen LogP contribution in [0.3, 0.4) is 0 Å². The molecular weight excluding hydrogens is 441 g/mol. The number of carbonyl (C=O) groups excluding carboxylic acids is 3. The average Bonchev–Trinajstić information content (AvgIpc) is 2.68. The van der Waals surface area contributed by atoms with Gasteiger partial charge in [-0.05, 0) is 50.2 Å². The zero-order valence-corrected chi connectivity index (χ0v) is 17.1. The molecule has 0 heterocycles. The smallest absolute Gasteiger partial charge is 0.451 e. The summed E-state index contributed by atoms with van der Waals surface area (Å²) in [5, 5.41) is 5.02. The summed E-state index contributed by atoms with van der Waals surface area (Å²) in [6.07, 6.45) is -6.07. The van der Waals surface area contributed by atoms with Gasteiger partial charge in [-0.3, -0.25) is 9.59 Å². The zero-order chi connectivity index (χ0) is 23.2. The maximum atomic E-state index is 12.2.